The van der Waals surface area contributed by atoms with Gasteiger partial charge in [0.15, 0.2) is 0 Å². The topological polar surface area (TPSA) is 58.6 Å². The van der Waals surface area contributed by atoms with E-state index in [4.69, 9.17) is 26.6 Å². The van der Waals surface area contributed by atoms with Gasteiger partial charge in [0, 0.05) is 39.6 Å². The molecule has 45 heavy (non-hydrogen) atoms. The molecule has 0 aliphatic carbocycles. The SMILES string of the molecule is CCCCCCCCCCCCCCCCCCN(C(CC)[Si](OCC)(OCC)OCC)C(CC)[Si](OCC)(OCC)OCC. The third kappa shape index (κ3) is 17.9. The highest BCUT2D eigenvalue weighted by Gasteiger charge is 2.58. The molecular formula is C36H79NO6Si2. The number of rotatable bonds is 35. The number of nitrogens with zero attached hydrogens (tertiary/aromatic N) is 1. The van der Waals surface area contributed by atoms with Gasteiger partial charge in [-0.25, -0.2) is 0 Å². The third-order valence-electron chi connectivity index (χ3n) is 8.73. The molecule has 0 rings (SSSR count). The van der Waals surface area contributed by atoms with Crippen molar-refractivity contribution in [1.29, 1.82) is 0 Å². The summed E-state index contributed by atoms with van der Waals surface area (Å²) in [5.74, 6) is 0. The molecule has 2 atom stereocenters. The van der Waals surface area contributed by atoms with Crippen molar-refractivity contribution in [2.45, 2.75) is 189 Å². The molecule has 0 saturated heterocycles. The van der Waals surface area contributed by atoms with Gasteiger partial charge in [-0.05, 0) is 67.3 Å². The van der Waals surface area contributed by atoms with Crippen LogP contribution >= 0.6 is 0 Å². The summed E-state index contributed by atoms with van der Waals surface area (Å²) in [4.78, 5) is 2.59. The van der Waals surface area contributed by atoms with Crippen molar-refractivity contribution in [3.63, 3.8) is 0 Å². The summed E-state index contributed by atoms with van der Waals surface area (Å²) < 4.78 is 39.1. The lowest BCUT2D eigenvalue weighted by molar-refractivity contribution is 0.00151. The summed E-state index contributed by atoms with van der Waals surface area (Å²) in [6.45, 7) is 23.4. The molecule has 0 saturated carbocycles. The van der Waals surface area contributed by atoms with Crippen LogP contribution in [0, 0.1) is 0 Å². The second-order valence-electron chi connectivity index (χ2n) is 12.2. The molecule has 0 radical (unpaired) electrons. The van der Waals surface area contributed by atoms with Gasteiger partial charge in [-0.1, -0.05) is 117 Å². The first-order chi connectivity index (χ1) is 22.0. The summed E-state index contributed by atoms with van der Waals surface area (Å²) in [6, 6.07) is 0. The van der Waals surface area contributed by atoms with Gasteiger partial charge in [0.2, 0.25) is 0 Å². The van der Waals surface area contributed by atoms with Gasteiger partial charge in [-0.15, -0.1) is 0 Å². The Kier molecular flexibility index (Phi) is 30.3. The predicted octanol–water partition coefficient (Wildman–Crippen LogP) is 10.3. The average Bonchev–Trinajstić information content (AvgIpc) is 3.02. The second-order valence-corrected chi connectivity index (χ2v) is 17.7. The number of hydrogen-bond donors (Lipinski definition) is 0. The van der Waals surface area contributed by atoms with Crippen LogP contribution in [0.15, 0.2) is 0 Å². The zero-order valence-corrected chi connectivity index (χ0v) is 33.7. The molecule has 0 aromatic heterocycles. The molecule has 0 bridgehead atoms. The zero-order valence-electron chi connectivity index (χ0n) is 31.7. The second kappa shape index (κ2) is 30.2. The molecular weight excluding hydrogens is 599 g/mol. The van der Waals surface area contributed by atoms with Gasteiger partial charge < -0.3 is 26.6 Å². The lowest BCUT2D eigenvalue weighted by Crippen LogP contribution is -2.71. The van der Waals surface area contributed by atoms with E-state index in [0.717, 1.165) is 25.8 Å². The molecule has 0 aliphatic rings. The van der Waals surface area contributed by atoms with E-state index < -0.39 is 17.6 Å². The van der Waals surface area contributed by atoms with Gasteiger partial charge in [-0.2, -0.15) is 0 Å². The standard InChI is InChI=1S/C36H79NO6Si2/c1-10-19-20-21-22-23-24-25-26-27-28-29-30-31-32-33-34-37(35(11-2)44(38-13-4,39-14-5)40-15-6)36(12-3)45(41-16-7,42-17-8)43-18-9/h35-36H,10-34H2,1-9H3. The molecule has 7 nitrogen and oxygen atoms in total. The number of hydrogen-bond acceptors (Lipinski definition) is 7. The zero-order chi connectivity index (χ0) is 33.7. The molecule has 0 aromatic rings. The summed E-state index contributed by atoms with van der Waals surface area (Å²) in [5, 5.41) is 0. The van der Waals surface area contributed by atoms with Gasteiger partial charge >= 0.3 is 17.6 Å². The fourth-order valence-corrected chi connectivity index (χ4v) is 13.4. The van der Waals surface area contributed by atoms with E-state index in [2.05, 4.69) is 25.7 Å². The van der Waals surface area contributed by atoms with Crippen LogP contribution in [0.5, 0.6) is 0 Å². The van der Waals surface area contributed by atoms with Gasteiger partial charge in [0.1, 0.15) is 0 Å². The Balaban J connectivity index is 5.37. The van der Waals surface area contributed by atoms with Crippen molar-refractivity contribution < 1.29 is 26.6 Å². The van der Waals surface area contributed by atoms with E-state index in [0.29, 0.717) is 39.6 Å². The lowest BCUT2D eigenvalue weighted by atomic mass is 10.0. The first-order valence-corrected chi connectivity index (χ1v) is 23.2. The normalized spacial score (nSPS) is 14.0. The van der Waals surface area contributed by atoms with E-state index in [1.165, 1.54) is 96.3 Å². The van der Waals surface area contributed by atoms with E-state index >= 15 is 0 Å². The van der Waals surface area contributed by atoms with Crippen LogP contribution in [0.1, 0.15) is 178 Å². The molecule has 0 fully saturated rings. The molecule has 0 spiro atoms. The molecule has 2 unspecified atom stereocenters. The molecule has 0 aromatic carbocycles. The highest BCUT2D eigenvalue weighted by molar-refractivity contribution is 6.64. The summed E-state index contributed by atoms with van der Waals surface area (Å²) >= 11 is 0. The third-order valence-corrected chi connectivity index (χ3v) is 16.0. The largest absolute Gasteiger partial charge is 0.519 e. The maximum absolute atomic E-state index is 6.51. The Morgan fingerprint density at radius 3 is 0.822 bits per heavy atom. The first kappa shape index (κ1) is 45.2. The van der Waals surface area contributed by atoms with Crippen LogP contribution in [0.3, 0.4) is 0 Å². The van der Waals surface area contributed by atoms with E-state index in [1.807, 2.05) is 41.5 Å². The van der Waals surface area contributed by atoms with Crippen LogP contribution in [-0.4, -0.2) is 80.0 Å². The minimum absolute atomic E-state index is 0.00637. The Labute approximate surface area is 283 Å². The molecule has 0 N–H and O–H groups in total. The van der Waals surface area contributed by atoms with Crippen LogP contribution in [-0.2, 0) is 26.6 Å². The summed E-state index contributed by atoms with van der Waals surface area (Å²) in [5.41, 5.74) is 0.0127. The van der Waals surface area contributed by atoms with E-state index in [-0.39, 0.29) is 11.3 Å². The minimum atomic E-state index is -3.04. The van der Waals surface area contributed by atoms with Gasteiger partial charge in [0.25, 0.3) is 0 Å². The Hall–Kier alpha value is 0.154. The lowest BCUT2D eigenvalue weighted by Gasteiger charge is -2.47. The summed E-state index contributed by atoms with van der Waals surface area (Å²) in [6.07, 6.45) is 23.6. The molecule has 9 heteroatoms. The van der Waals surface area contributed by atoms with Crippen LogP contribution in [0.2, 0.25) is 0 Å². The Morgan fingerprint density at radius 1 is 0.356 bits per heavy atom. The van der Waals surface area contributed by atoms with Crippen molar-refractivity contribution in [3.05, 3.63) is 0 Å². The summed E-state index contributed by atoms with van der Waals surface area (Å²) in [7, 11) is -6.09. The smallest absolute Gasteiger partial charge is 0.373 e. The van der Waals surface area contributed by atoms with Gasteiger partial charge in [-0.3, -0.25) is 4.90 Å². The van der Waals surface area contributed by atoms with Crippen LogP contribution in [0.25, 0.3) is 0 Å². The number of unbranched alkanes of at least 4 members (excludes halogenated alkanes) is 15. The van der Waals surface area contributed by atoms with Crippen molar-refractivity contribution in [2.24, 2.45) is 0 Å². The van der Waals surface area contributed by atoms with Crippen molar-refractivity contribution >= 4 is 17.6 Å². The Morgan fingerprint density at radius 2 is 0.600 bits per heavy atom. The maximum atomic E-state index is 6.51. The molecule has 0 aliphatic heterocycles. The predicted molar refractivity (Wildman–Crippen MR) is 196 cm³/mol. The van der Waals surface area contributed by atoms with Crippen LogP contribution < -0.4 is 0 Å². The molecule has 0 heterocycles. The Bertz CT molecular complexity index is 564. The van der Waals surface area contributed by atoms with Crippen molar-refractivity contribution in [2.75, 3.05) is 46.2 Å². The van der Waals surface area contributed by atoms with Gasteiger partial charge in [0.05, 0.1) is 11.3 Å². The van der Waals surface area contributed by atoms with Crippen LogP contribution in [0.4, 0.5) is 0 Å². The molecule has 0 amide bonds. The quantitative estimate of drug-likeness (QED) is 0.0489. The fourth-order valence-electron chi connectivity index (χ4n) is 6.78. The molecule has 272 valence electrons. The van der Waals surface area contributed by atoms with Crippen molar-refractivity contribution in [1.82, 2.24) is 4.90 Å². The minimum Gasteiger partial charge on any atom is -0.373 e. The fraction of sp³-hybridized carbons (Fsp3) is 1.00. The maximum Gasteiger partial charge on any atom is 0.519 e. The highest BCUT2D eigenvalue weighted by atomic mass is 28.4. The first-order valence-electron chi connectivity index (χ1n) is 19.5. The van der Waals surface area contributed by atoms with E-state index in [9.17, 15) is 0 Å². The monoisotopic (exact) mass is 678 g/mol. The van der Waals surface area contributed by atoms with Crippen molar-refractivity contribution in [3.8, 4) is 0 Å². The average molecular weight is 678 g/mol. The van der Waals surface area contributed by atoms with E-state index in [1.54, 1.807) is 0 Å². The highest BCUT2D eigenvalue weighted by Crippen LogP contribution is 2.31.